The average Bonchev–Trinajstić information content (AvgIpc) is 2.46. The second-order valence-corrected chi connectivity index (χ2v) is 6.47. The molecule has 0 aliphatic rings. The molecule has 0 bridgehead atoms. The van der Waals surface area contributed by atoms with Crippen LogP contribution in [0.25, 0.3) is 10.9 Å². The summed E-state index contributed by atoms with van der Waals surface area (Å²) in [6.45, 7) is 5.74. The predicted octanol–water partition coefficient (Wildman–Crippen LogP) is 2.02. The van der Waals surface area contributed by atoms with Crippen molar-refractivity contribution in [3.8, 4) is 5.75 Å². The molecule has 0 spiro atoms. The van der Waals surface area contributed by atoms with E-state index in [9.17, 15) is 9.59 Å². The van der Waals surface area contributed by atoms with Gasteiger partial charge in [-0.05, 0) is 45.0 Å². The highest BCUT2D eigenvalue weighted by Gasteiger charge is 2.15. The fraction of sp³-hybridized carbons (Fsp3) is 0.412. The first kappa shape index (κ1) is 17.7. The summed E-state index contributed by atoms with van der Waals surface area (Å²) >= 11 is 0. The van der Waals surface area contributed by atoms with Crippen molar-refractivity contribution >= 4 is 22.7 Å². The van der Waals surface area contributed by atoms with Crippen LogP contribution in [0.3, 0.4) is 0 Å². The lowest BCUT2D eigenvalue weighted by Crippen LogP contribution is -2.35. The Bertz CT molecular complexity index is 806. The SMILES string of the molecule is Cn1c(=O)c(OCCNC(=O)OC(C)(C)C)cc2cc(N)ccc21. The molecule has 7 heteroatoms. The second kappa shape index (κ2) is 6.82. The van der Waals surface area contributed by atoms with E-state index in [0.29, 0.717) is 5.69 Å². The molecule has 130 valence electrons. The zero-order valence-corrected chi connectivity index (χ0v) is 14.4. The topological polar surface area (TPSA) is 95.6 Å². The molecule has 3 N–H and O–H groups in total. The number of nitrogens with zero attached hydrogens (tertiary/aromatic N) is 1. The van der Waals surface area contributed by atoms with Crippen molar-refractivity contribution in [3.05, 3.63) is 34.6 Å². The third-order valence-electron chi connectivity index (χ3n) is 3.24. The van der Waals surface area contributed by atoms with Crippen LogP contribution in [0.5, 0.6) is 5.75 Å². The second-order valence-electron chi connectivity index (χ2n) is 6.47. The van der Waals surface area contributed by atoms with E-state index in [1.54, 1.807) is 52.1 Å². The molecule has 1 heterocycles. The molecular formula is C17H23N3O4. The van der Waals surface area contributed by atoms with Crippen LogP contribution >= 0.6 is 0 Å². The van der Waals surface area contributed by atoms with Crippen molar-refractivity contribution < 1.29 is 14.3 Å². The summed E-state index contributed by atoms with van der Waals surface area (Å²) in [4.78, 5) is 23.8. The van der Waals surface area contributed by atoms with Crippen molar-refractivity contribution in [2.75, 3.05) is 18.9 Å². The van der Waals surface area contributed by atoms with Gasteiger partial charge in [0.2, 0.25) is 0 Å². The number of ether oxygens (including phenoxy) is 2. The molecule has 1 aromatic carbocycles. The fourth-order valence-electron chi connectivity index (χ4n) is 2.20. The van der Waals surface area contributed by atoms with Gasteiger partial charge in [-0.2, -0.15) is 0 Å². The maximum absolute atomic E-state index is 12.3. The summed E-state index contributed by atoms with van der Waals surface area (Å²) in [7, 11) is 1.67. The molecule has 2 rings (SSSR count). The number of alkyl carbamates (subject to hydrolysis) is 1. The summed E-state index contributed by atoms with van der Waals surface area (Å²) in [6, 6.07) is 6.97. The number of nitrogen functional groups attached to an aromatic ring is 1. The highest BCUT2D eigenvalue weighted by Crippen LogP contribution is 2.19. The Hall–Kier alpha value is -2.70. The van der Waals surface area contributed by atoms with E-state index >= 15 is 0 Å². The van der Waals surface area contributed by atoms with Crippen molar-refractivity contribution in [1.82, 2.24) is 9.88 Å². The zero-order valence-electron chi connectivity index (χ0n) is 14.4. The summed E-state index contributed by atoms with van der Waals surface area (Å²) in [5, 5.41) is 3.39. The standard InChI is InChI=1S/C17H23N3O4/c1-17(2,3)24-16(22)19-7-8-23-14-10-11-9-12(18)5-6-13(11)20(4)15(14)21/h5-6,9-10H,7-8,18H2,1-4H3,(H,19,22). The molecule has 7 nitrogen and oxygen atoms in total. The minimum absolute atomic E-state index is 0.155. The smallest absolute Gasteiger partial charge is 0.407 e. The molecule has 0 saturated heterocycles. The Morgan fingerprint density at radius 2 is 2.00 bits per heavy atom. The third-order valence-corrected chi connectivity index (χ3v) is 3.24. The first-order valence-electron chi connectivity index (χ1n) is 7.66. The van der Waals surface area contributed by atoms with E-state index in [-0.39, 0.29) is 24.5 Å². The van der Waals surface area contributed by atoms with E-state index in [4.69, 9.17) is 15.2 Å². The number of aryl methyl sites for hydroxylation is 1. The van der Waals surface area contributed by atoms with E-state index in [2.05, 4.69) is 5.32 Å². The van der Waals surface area contributed by atoms with E-state index in [0.717, 1.165) is 10.9 Å². The number of aromatic nitrogens is 1. The van der Waals surface area contributed by atoms with Crippen LogP contribution in [-0.2, 0) is 11.8 Å². The molecule has 0 saturated carbocycles. The number of nitrogens with two attached hydrogens (primary N) is 1. The number of hydrogen-bond donors (Lipinski definition) is 2. The normalized spacial score (nSPS) is 11.3. The summed E-state index contributed by atoms with van der Waals surface area (Å²) in [5.41, 5.74) is 6.36. The number of fused-ring (bicyclic) bond motifs is 1. The molecule has 0 radical (unpaired) electrons. The number of benzene rings is 1. The molecule has 24 heavy (non-hydrogen) atoms. The number of nitrogens with one attached hydrogen (secondary N) is 1. The molecule has 1 aromatic heterocycles. The number of carbonyl (C=O) groups is 1. The molecule has 0 aliphatic carbocycles. The van der Waals surface area contributed by atoms with Crippen molar-refractivity contribution in [1.29, 1.82) is 0 Å². The lowest BCUT2D eigenvalue weighted by molar-refractivity contribution is 0.0520. The van der Waals surface area contributed by atoms with Crippen LogP contribution in [0, 0.1) is 0 Å². The van der Waals surface area contributed by atoms with Crippen LogP contribution in [0.1, 0.15) is 20.8 Å². The molecule has 0 atom stereocenters. The van der Waals surface area contributed by atoms with Crippen LogP contribution in [-0.4, -0.2) is 29.4 Å². The quantitative estimate of drug-likeness (QED) is 0.659. The fourth-order valence-corrected chi connectivity index (χ4v) is 2.20. The zero-order chi connectivity index (χ0) is 17.9. The molecule has 1 amide bonds. The third kappa shape index (κ3) is 4.41. The maximum Gasteiger partial charge on any atom is 0.407 e. The van der Waals surface area contributed by atoms with Gasteiger partial charge < -0.3 is 25.1 Å². The van der Waals surface area contributed by atoms with Gasteiger partial charge >= 0.3 is 6.09 Å². The highest BCUT2D eigenvalue weighted by atomic mass is 16.6. The number of carbonyl (C=O) groups excluding carboxylic acids is 1. The number of hydrogen-bond acceptors (Lipinski definition) is 5. The Kier molecular flexibility index (Phi) is 5.02. The monoisotopic (exact) mass is 333 g/mol. The molecule has 0 aliphatic heterocycles. The van der Waals surface area contributed by atoms with Gasteiger partial charge in [-0.1, -0.05) is 0 Å². The van der Waals surface area contributed by atoms with E-state index in [1.807, 2.05) is 0 Å². The lowest BCUT2D eigenvalue weighted by Gasteiger charge is -2.19. The van der Waals surface area contributed by atoms with Gasteiger partial charge in [0.25, 0.3) is 5.56 Å². The Morgan fingerprint density at radius 3 is 2.67 bits per heavy atom. The van der Waals surface area contributed by atoms with Crippen molar-refractivity contribution in [2.24, 2.45) is 7.05 Å². The van der Waals surface area contributed by atoms with Gasteiger partial charge in [0, 0.05) is 18.1 Å². The Labute approximate surface area is 140 Å². The van der Waals surface area contributed by atoms with Crippen LogP contribution in [0.2, 0.25) is 0 Å². The first-order valence-corrected chi connectivity index (χ1v) is 7.66. The van der Waals surface area contributed by atoms with Crippen LogP contribution in [0.4, 0.5) is 10.5 Å². The number of anilines is 1. The van der Waals surface area contributed by atoms with Gasteiger partial charge in [0.15, 0.2) is 5.75 Å². The van der Waals surface area contributed by atoms with E-state index in [1.165, 1.54) is 4.57 Å². The van der Waals surface area contributed by atoms with Crippen molar-refractivity contribution in [2.45, 2.75) is 26.4 Å². The minimum atomic E-state index is -0.556. The molecular weight excluding hydrogens is 310 g/mol. The largest absolute Gasteiger partial charge is 0.486 e. The van der Waals surface area contributed by atoms with E-state index < -0.39 is 11.7 Å². The predicted molar refractivity (Wildman–Crippen MR) is 93.3 cm³/mol. The number of rotatable bonds is 4. The highest BCUT2D eigenvalue weighted by molar-refractivity contribution is 5.83. The summed E-state index contributed by atoms with van der Waals surface area (Å²) in [6.07, 6.45) is -0.523. The molecule has 0 unspecified atom stereocenters. The summed E-state index contributed by atoms with van der Waals surface area (Å²) < 4.78 is 12.1. The summed E-state index contributed by atoms with van der Waals surface area (Å²) in [5.74, 6) is 0.210. The maximum atomic E-state index is 12.3. The number of amides is 1. The molecule has 0 fully saturated rings. The van der Waals surface area contributed by atoms with Gasteiger partial charge in [-0.15, -0.1) is 0 Å². The minimum Gasteiger partial charge on any atom is -0.486 e. The van der Waals surface area contributed by atoms with Gasteiger partial charge in [0.1, 0.15) is 12.2 Å². The van der Waals surface area contributed by atoms with Gasteiger partial charge in [-0.3, -0.25) is 4.79 Å². The first-order chi connectivity index (χ1) is 11.2. The van der Waals surface area contributed by atoms with Gasteiger partial charge in [0.05, 0.1) is 12.1 Å². The van der Waals surface area contributed by atoms with Crippen molar-refractivity contribution in [3.63, 3.8) is 0 Å². The Morgan fingerprint density at radius 1 is 1.29 bits per heavy atom. The number of pyridine rings is 1. The lowest BCUT2D eigenvalue weighted by atomic mass is 10.2. The Balaban J connectivity index is 2.02. The molecule has 2 aromatic rings. The van der Waals surface area contributed by atoms with Crippen LogP contribution in [0.15, 0.2) is 29.1 Å². The van der Waals surface area contributed by atoms with Gasteiger partial charge in [-0.25, -0.2) is 4.79 Å². The van der Waals surface area contributed by atoms with Crippen LogP contribution < -0.4 is 21.3 Å². The average molecular weight is 333 g/mol.